The molecule has 1 N–H and O–H groups in total. The van der Waals surface area contributed by atoms with Crippen molar-refractivity contribution in [1.82, 2.24) is 10.1 Å². The van der Waals surface area contributed by atoms with Crippen LogP contribution in [0, 0.1) is 6.92 Å². The summed E-state index contributed by atoms with van der Waals surface area (Å²) in [6, 6.07) is 6.61. The smallest absolute Gasteiger partial charge is 0.338 e. The Kier molecular flexibility index (Phi) is 3.84. The van der Waals surface area contributed by atoms with Crippen LogP contribution in [-0.2, 0) is 9.53 Å². The van der Waals surface area contributed by atoms with Crippen molar-refractivity contribution in [3.63, 3.8) is 0 Å². The summed E-state index contributed by atoms with van der Waals surface area (Å²) in [5, 5.41) is 6.08. The molecule has 2 aromatic heterocycles. The number of carbonyl (C=O) groups excluding carboxylic acids is 2. The fourth-order valence-electron chi connectivity index (χ4n) is 1.80. The largest absolute Gasteiger partial charge is 0.452 e. The van der Waals surface area contributed by atoms with Crippen molar-refractivity contribution in [2.75, 3.05) is 11.9 Å². The van der Waals surface area contributed by atoms with Gasteiger partial charge in [-0.2, -0.15) is 0 Å². The summed E-state index contributed by atoms with van der Waals surface area (Å²) in [4.78, 5) is 27.7. The molecule has 8 heteroatoms. The molecule has 0 unspecified atom stereocenters. The molecule has 112 valence electrons. The molecule has 1 amide bonds. The fraction of sp³-hybridized carbons (Fsp3) is 0.143. The Morgan fingerprint density at radius 2 is 2.23 bits per heavy atom. The predicted octanol–water partition coefficient (Wildman–Crippen LogP) is 2.39. The zero-order valence-electron chi connectivity index (χ0n) is 11.5. The summed E-state index contributed by atoms with van der Waals surface area (Å²) in [6.07, 6.45) is 0. The molecule has 0 radical (unpaired) electrons. The highest BCUT2D eigenvalue weighted by Gasteiger charge is 2.12. The van der Waals surface area contributed by atoms with Gasteiger partial charge in [-0.15, -0.1) is 11.3 Å². The minimum Gasteiger partial charge on any atom is -0.452 e. The number of thiazole rings is 1. The molecule has 0 fully saturated rings. The molecule has 0 saturated carbocycles. The van der Waals surface area contributed by atoms with E-state index in [9.17, 15) is 9.59 Å². The number of nitrogens with zero attached hydrogens (tertiary/aromatic N) is 2. The first-order valence-corrected chi connectivity index (χ1v) is 7.23. The highest BCUT2D eigenvalue weighted by atomic mass is 32.1. The van der Waals surface area contributed by atoms with Crippen LogP contribution in [0.2, 0.25) is 0 Å². The number of aryl methyl sites for hydroxylation is 1. The molecular weight excluding hydrogens is 306 g/mol. The summed E-state index contributed by atoms with van der Waals surface area (Å²) in [6.45, 7) is 1.31. The minimum absolute atomic E-state index is 0.282. The van der Waals surface area contributed by atoms with Gasteiger partial charge in [0.25, 0.3) is 5.91 Å². The second-order valence-electron chi connectivity index (χ2n) is 4.48. The number of hydrogen-bond acceptors (Lipinski definition) is 7. The predicted molar refractivity (Wildman–Crippen MR) is 79.8 cm³/mol. The van der Waals surface area contributed by atoms with Gasteiger partial charge in [0.1, 0.15) is 5.76 Å². The zero-order valence-corrected chi connectivity index (χ0v) is 12.3. The Morgan fingerprint density at radius 3 is 3.00 bits per heavy atom. The monoisotopic (exact) mass is 317 g/mol. The molecule has 22 heavy (non-hydrogen) atoms. The topological polar surface area (TPSA) is 94.3 Å². The van der Waals surface area contributed by atoms with Crippen LogP contribution < -0.4 is 5.32 Å². The van der Waals surface area contributed by atoms with Crippen LogP contribution in [0.3, 0.4) is 0 Å². The molecule has 0 saturated heterocycles. The van der Waals surface area contributed by atoms with E-state index in [0.717, 1.165) is 10.2 Å². The van der Waals surface area contributed by atoms with Crippen molar-refractivity contribution in [3.8, 4) is 0 Å². The summed E-state index contributed by atoms with van der Waals surface area (Å²) >= 11 is 1.43. The number of aromatic nitrogens is 2. The Bertz CT molecular complexity index is 839. The Morgan fingerprint density at radius 1 is 1.36 bits per heavy atom. The lowest BCUT2D eigenvalue weighted by Crippen LogP contribution is -2.21. The third kappa shape index (κ3) is 3.12. The normalized spacial score (nSPS) is 10.6. The van der Waals surface area contributed by atoms with Crippen molar-refractivity contribution in [2.45, 2.75) is 6.92 Å². The lowest BCUT2D eigenvalue weighted by Gasteiger charge is -2.04. The number of esters is 1. The van der Waals surface area contributed by atoms with Crippen LogP contribution in [0.15, 0.2) is 34.3 Å². The van der Waals surface area contributed by atoms with Crippen LogP contribution in [0.25, 0.3) is 10.2 Å². The van der Waals surface area contributed by atoms with Crippen LogP contribution in [0.4, 0.5) is 5.82 Å². The number of benzene rings is 1. The maximum Gasteiger partial charge on any atom is 0.338 e. The lowest BCUT2D eigenvalue weighted by atomic mass is 10.2. The van der Waals surface area contributed by atoms with Gasteiger partial charge in [-0.1, -0.05) is 5.16 Å². The molecule has 0 spiro atoms. The summed E-state index contributed by atoms with van der Waals surface area (Å²) in [5.41, 5.74) is 2.90. The first-order valence-electron chi connectivity index (χ1n) is 6.35. The zero-order chi connectivity index (χ0) is 15.5. The number of carbonyl (C=O) groups is 2. The van der Waals surface area contributed by atoms with Gasteiger partial charge in [0.15, 0.2) is 12.4 Å². The summed E-state index contributed by atoms with van der Waals surface area (Å²) < 4.78 is 10.7. The van der Waals surface area contributed by atoms with Gasteiger partial charge >= 0.3 is 5.97 Å². The second kappa shape index (κ2) is 5.94. The molecule has 0 bridgehead atoms. The SMILES string of the molecule is Cc1cc(NC(=O)COC(=O)c2ccc3ncsc3c2)no1. The number of nitrogens with one attached hydrogen (secondary N) is 1. The average Bonchev–Trinajstić information content (AvgIpc) is 3.12. The van der Waals surface area contributed by atoms with E-state index in [0.29, 0.717) is 11.3 Å². The van der Waals surface area contributed by atoms with Gasteiger partial charge < -0.3 is 14.6 Å². The first kappa shape index (κ1) is 14.2. The molecule has 7 nitrogen and oxygen atoms in total. The molecule has 0 aliphatic heterocycles. The van der Waals surface area contributed by atoms with Crippen molar-refractivity contribution in [1.29, 1.82) is 0 Å². The van der Waals surface area contributed by atoms with Crippen molar-refractivity contribution in [3.05, 3.63) is 41.1 Å². The van der Waals surface area contributed by atoms with E-state index in [2.05, 4.69) is 15.5 Å². The Balaban J connectivity index is 1.58. The molecule has 2 heterocycles. The van der Waals surface area contributed by atoms with E-state index in [1.165, 1.54) is 11.3 Å². The lowest BCUT2D eigenvalue weighted by molar-refractivity contribution is -0.119. The first-order chi connectivity index (χ1) is 10.6. The highest BCUT2D eigenvalue weighted by molar-refractivity contribution is 7.16. The number of amides is 1. The molecule has 0 atom stereocenters. The molecule has 1 aromatic carbocycles. The maximum atomic E-state index is 11.9. The van der Waals surface area contributed by atoms with Crippen LogP contribution in [0.1, 0.15) is 16.1 Å². The Labute approximate surface area is 128 Å². The van der Waals surface area contributed by atoms with Gasteiger partial charge in [-0.05, 0) is 25.1 Å². The number of hydrogen-bond donors (Lipinski definition) is 1. The fourth-order valence-corrected chi connectivity index (χ4v) is 2.52. The van der Waals surface area contributed by atoms with E-state index >= 15 is 0 Å². The van der Waals surface area contributed by atoms with E-state index < -0.39 is 18.5 Å². The minimum atomic E-state index is -0.568. The van der Waals surface area contributed by atoms with Crippen molar-refractivity contribution < 1.29 is 18.8 Å². The van der Waals surface area contributed by atoms with Gasteiger partial charge in [-0.25, -0.2) is 9.78 Å². The van der Waals surface area contributed by atoms with Gasteiger partial charge in [0, 0.05) is 6.07 Å². The van der Waals surface area contributed by atoms with Gasteiger partial charge in [0.05, 0.1) is 21.3 Å². The number of ether oxygens (including phenoxy) is 1. The number of rotatable bonds is 4. The van der Waals surface area contributed by atoms with Crippen LogP contribution >= 0.6 is 11.3 Å². The van der Waals surface area contributed by atoms with Gasteiger partial charge in [-0.3, -0.25) is 4.79 Å². The van der Waals surface area contributed by atoms with E-state index in [-0.39, 0.29) is 5.82 Å². The summed E-state index contributed by atoms with van der Waals surface area (Å²) in [7, 11) is 0. The van der Waals surface area contributed by atoms with Gasteiger partial charge in [0.2, 0.25) is 0 Å². The standard InChI is InChI=1S/C14H11N3O4S/c1-8-4-12(17-21-8)16-13(18)6-20-14(19)9-2-3-10-11(5-9)22-7-15-10/h2-5,7H,6H2,1H3,(H,16,17,18). The van der Waals surface area contributed by atoms with Crippen LogP contribution in [-0.4, -0.2) is 28.6 Å². The molecule has 3 rings (SSSR count). The number of fused-ring (bicyclic) bond motifs is 1. The molecule has 3 aromatic rings. The summed E-state index contributed by atoms with van der Waals surface area (Å²) in [5.74, 6) is -0.197. The quantitative estimate of drug-likeness (QED) is 0.742. The molecular formula is C14H11N3O4S. The highest BCUT2D eigenvalue weighted by Crippen LogP contribution is 2.19. The van der Waals surface area contributed by atoms with E-state index in [1.54, 1.807) is 36.7 Å². The maximum absolute atomic E-state index is 11.9. The van der Waals surface area contributed by atoms with E-state index in [1.807, 2.05) is 0 Å². The van der Waals surface area contributed by atoms with Crippen molar-refractivity contribution >= 4 is 39.2 Å². The second-order valence-corrected chi connectivity index (χ2v) is 5.37. The van der Waals surface area contributed by atoms with E-state index in [4.69, 9.17) is 9.26 Å². The third-order valence-electron chi connectivity index (χ3n) is 2.80. The average molecular weight is 317 g/mol. The Hall–Kier alpha value is -2.74. The third-order valence-corrected chi connectivity index (χ3v) is 3.59. The number of anilines is 1. The molecule has 0 aliphatic carbocycles. The van der Waals surface area contributed by atoms with Crippen molar-refractivity contribution in [2.24, 2.45) is 0 Å². The van der Waals surface area contributed by atoms with Crippen LogP contribution in [0.5, 0.6) is 0 Å². The molecule has 0 aliphatic rings.